The fourth-order valence-electron chi connectivity index (χ4n) is 5.49. The molecule has 16 heteroatoms. The van der Waals surface area contributed by atoms with Crippen molar-refractivity contribution in [1.82, 2.24) is 9.62 Å². The summed E-state index contributed by atoms with van der Waals surface area (Å²) in [6, 6.07) is 8.86. The second-order valence-corrected chi connectivity index (χ2v) is 13.7. The average molecular weight is 675 g/mol. The standard InChI is InChI=1S/C30H37F3N2O10S/c1-18(2)13-35(46(38,39)21-7-8-25-26(12-21)44-17-43-25)14-24(36)23(11-19-3-5-20(6-4-19)42-16-30(31,32)33)34-29(37)45-27-15-41-28-22(27)9-10-40-28/h3-8,12,18,22-24,27-28,36H,9-11,13-17H2,1-2H3,(H,34,37)/t22?,23-,24+,27?,28?/m0/s1. The number of nitrogens with zero attached hydrogens (tertiary/aromatic N) is 1. The predicted molar refractivity (Wildman–Crippen MR) is 155 cm³/mol. The summed E-state index contributed by atoms with van der Waals surface area (Å²) < 4.78 is 98.5. The molecule has 46 heavy (non-hydrogen) atoms. The molecular weight excluding hydrogens is 637 g/mol. The van der Waals surface area contributed by atoms with Gasteiger partial charge in [-0.3, -0.25) is 0 Å². The fourth-order valence-corrected chi connectivity index (χ4v) is 7.13. The van der Waals surface area contributed by atoms with Gasteiger partial charge >= 0.3 is 12.3 Å². The molecule has 2 aromatic carbocycles. The Kier molecular flexibility index (Phi) is 10.5. The van der Waals surface area contributed by atoms with Gasteiger partial charge in [0.25, 0.3) is 0 Å². The molecule has 1 amide bonds. The minimum Gasteiger partial charge on any atom is -0.484 e. The number of aliphatic hydroxyl groups is 1. The highest BCUT2D eigenvalue weighted by molar-refractivity contribution is 7.89. The van der Waals surface area contributed by atoms with Crippen molar-refractivity contribution in [2.75, 3.05) is 39.7 Å². The molecule has 3 heterocycles. The number of rotatable bonds is 13. The van der Waals surface area contributed by atoms with E-state index in [9.17, 15) is 31.5 Å². The van der Waals surface area contributed by atoms with E-state index in [2.05, 4.69) is 5.32 Å². The number of alkyl carbamates (subject to hydrolysis) is 1. The number of fused-ring (bicyclic) bond motifs is 2. The third-order valence-electron chi connectivity index (χ3n) is 7.73. The number of alkyl halides is 3. The van der Waals surface area contributed by atoms with Crippen molar-refractivity contribution in [1.29, 1.82) is 0 Å². The number of sulfonamides is 1. The largest absolute Gasteiger partial charge is 0.484 e. The molecule has 5 atom stereocenters. The van der Waals surface area contributed by atoms with Gasteiger partial charge in [0.2, 0.25) is 16.8 Å². The van der Waals surface area contributed by atoms with Crippen LogP contribution in [0.25, 0.3) is 0 Å². The van der Waals surface area contributed by atoms with Crippen molar-refractivity contribution in [3.63, 3.8) is 0 Å². The van der Waals surface area contributed by atoms with Crippen molar-refractivity contribution in [2.45, 2.75) is 62.3 Å². The van der Waals surface area contributed by atoms with Crippen LogP contribution in [-0.2, 0) is 30.7 Å². The Balaban J connectivity index is 1.33. The summed E-state index contributed by atoms with van der Waals surface area (Å²) in [6.45, 7) is 2.45. The number of halogens is 3. The summed E-state index contributed by atoms with van der Waals surface area (Å²) in [7, 11) is -4.15. The van der Waals surface area contributed by atoms with Crippen molar-refractivity contribution >= 4 is 16.1 Å². The maximum atomic E-state index is 13.8. The molecule has 3 aliphatic rings. The highest BCUT2D eigenvalue weighted by Gasteiger charge is 2.44. The van der Waals surface area contributed by atoms with Gasteiger partial charge in [-0.15, -0.1) is 0 Å². The number of amides is 1. The van der Waals surface area contributed by atoms with Crippen molar-refractivity contribution in [2.24, 2.45) is 11.8 Å². The number of benzene rings is 2. The van der Waals surface area contributed by atoms with Crippen LogP contribution in [-0.4, -0.2) is 94.3 Å². The molecule has 12 nitrogen and oxygen atoms in total. The zero-order valence-corrected chi connectivity index (χ0v) is 26.1. The summed E-state index contributed by atoms with van der Waals surface area (Å²) in [5.41, 5.74) is 0.534. The van der Waals surface area contributed by atoms with Crippen LogP contribution in [0.4, 0.5) is 18.0 Å². The van der Waals surface area contributed by atoms with E-state index in [1.165, 1.54) is 42.5 Å². The van der Waals surface area contributed by atoms with Crippen molar-refractivity contribution in [3.8, 4) is 17.2 Å². The first-order valence-electron chi connectivity index (χ1n) is 14.8. The number of hydrogen-bond acceptors (Lipinski definition) is 10. The molecule has 0 spiro atoms. The van der Waals surface area contributed by atoms with Gasteiger partial charge in [-0.1, -0.05) is 26.0 Å². The third-order valence-corrected chi connectivity index (χ3v) is 9.56. The molecule has 2 saturated heterocycles. The smallest absolute Gasteiger partial charge is 0.422 e. The normalized spacial score (nSPS) is 22.1. The Bertz CT molecular complexity index is 1460. The Morgan fingerprint density at radius 3 is 2.54 bits per heavy atom. The van der Waals surface area contributed by atoms with Gasteiger partial charge in [-0.05, 0) is 48.6 Å². The van der Waals surface area contributed by atoms with Crippen LogP contribution >= 0.6 is 0 Å². The van der Waals surface area contributed by atoms with E-state index in [1.54, 1.807) is 0 Å². The van der Waals surface area contributed by atoms with Crippen LogP contribution < -0.4 is 19.5 Å². The second kappa shape index (κ2) is 14.2. The topological polar surface area (TPSA) is 142 Å². The molecule has 3 aliphatic heterocycles. The van der Waals surface area contributed by atoms with Crippen LogP contribution in [0.2, 0.25) is 0 Å². The minimum atomic E-state index is -4.50. The zero-order chi connectivity index (χ0) is 33.1. The molecule has 3 unspecified atom stereocenters. The molecule has 2 fully saturated rings. The van der Waals surface area contributed by atoms with Crippen LogP contribution in [0.15, 0.2) is 47.4 Å². The molecule has 0 bridgehead atoms. The van der Waals surface area contributed by atoms with Crippen molar-refractivity contribution in [3.05, 3.63) is 48.0 Å². The monoisotopic (exact) mass is 674 g/mol. The van der Waals surface area contributed by atoms with Gasteiger partial charge in [0.05, 0.1) is 36.2 Å². The van der Waals surface area contributed by atoms with Gasteiger partial charge in [0.15, 0.2) is 24.4 Å². The maximum Gasteiger partial charge on any atom is 0.422 e. The Labute approximate surface area is 264 Å². The van der Waals surface area contributed by atoms with E-state index >= 15 is 0 Å². The maximum absolute atomic E-state index is 13.8. The summed E-state index contributed by atoms with van der Waals surface area (Å²) in [4.78, 5) is 13.0. The lowest BCUT2D eigenvalue weighted by atomic mass is 10.0. The number of aliphatic hydroxyl groups excluding tert-OH is 1. The Morgan fingerprint density at radius 2 is 1.83 bits per heavy atom. The lowest BCUT2D eigenvalue weighted by molar-refractivity contribution is -0.153. The lowest BCUT2D eigenvalue weighted by Gasteiger charge is -2.31. The van der Waals surface area contributed by atoms with Gasteiger partial charge in [0.1, 0.15) is 11.9 Å². The molecule has 0 aliphatic carbocycles. The minimum absolute atomic E-state index is 0.00820. The Hall–Kier alpha value is -3.31. The first kappa shape index (κ1) is 34.0. The first-order chi connectivity index (χ1) is 21.8. The second-order valence-electron chi connectivity index (χ2n) is 11.8. The molecule has 2 N–H and O–H groups in total. The molecule has 0 aromatic heterocycles. The highest BCUT2D eigenvalue weighted by atomic mass is 32.2. The van der Waals surface area contributed by atoms with E-state index in [0.717, 1.165) is 4.31 Å². The van der Waals surface area contributed by atoms with Gasteiger partial charge in [-0.25, -0.2) is 13.2 Å². The number of nitrogens with one attached hydrogen (secondary N) is 1. The molecular formula is C30H37F3N2O10S. The average Bonchev–Trinajstić information content (AvgIpc) is 3.74. The summed E-state index contributed by atoms with van der Waals surface area (Å²) >= 11 is 0. The molecule has 5 rings (SSSR count). The van der Waals surface area contributed by atoms with Crippen LogP contribution in [0.3, 0.4) is 0 Å². The SMILES string of the molecule is CC(C)CN(C[C@@H](O)[C@H](Cc1ccc(OCC(F)(F)F)cc1)NC(=O)OC1COC2OCCC12)S(=O)(=O)c1ccc2c(c1)OCO2. The van der Waals surface area contributed by atoms with Crippen LogP contribution in [0, 0.1) is 11.8 Å². The summed E-state index contributed by atoms with van der Waals surface area (Å²) in [5, 5.41) is 14.2. The van der Waals surface area contributed by atoms with Crippen molar-refractivity contribution < 1.29 is 59.9 Å². The zero-order valence-electron chi connectivity index (χ0n) is 25.3. The van der Waals surface area contributed by atoms with Crippen LogP contribution in [0.5, 0.6) is 17.2 Å². The van der Waals surface area contributed by atoms with E-state index < -0.39 is 60.0 Å². The first-order valence-corrected chi connectivity index (χ1v) is 16.3. The Morgan fingerprint density at radius 1 is 1.09 bits per heavy atom. The fraction of sp³-hybridized carbons (Fsp3) is 0.567. The number of hydrogen-bond donors (Lipinski definition) is 2. The third kappa shape index (κ3) is 8.53. The summed E-state index contributed by atoms with van der Waals surface area (Å²) in [5.74, 6) is 0.419. The summed E-state index contributed by atoms with van der Waals surface area (Å²) in [6.07, 6.45) is -7.16. The van der Waals surface area contributed by atoms with Gasteiger partial charge in [-0.2, -0.15) is 17.5 Å². The number of carbonyl (C=O) groups is 1. The predicted octanol–water partition coefficient (Wildman–Crippen LogP) is 3.46. The highest BCUT2D eigenvalue weighted by Crippen LogP contribution is 2.35. The van der Waals surface area contributed by atoms with E-state index in [1.807, 2.05) is 13.8 Å². The van der Waals surface area contributed by atoms with E-state index in [4.69, 9.17) is 28.4 Å². The van der Waals surface area contributed by atoms with Gasteiger partial charge in [0, 0.05) is 19.2 Å². The molecule has 254 valence electrons. The quantitative estimate of drug-likeness (QED) is 0.325. The number of carbonyl (C=O) groups excluding carboxylic acids is 1. The number of ether oxygens (including phenoxy) is 6. The van der Waals surface area contributed by atoms with E-state index in [0.29, 0.717) is 24.3 Å². The van der Waals surface area contributed by atoms with Gasteiger partial charge < -0.3 is 38.8 Å². The molecule has 0 saturated carbocycles. The molecule has 2 aromatic rings. The van der Waals surface area contributed by atoms with Crippen LogP contribution in [0.1, 0.15) is 25.8 Å². The molecule has 0 radical (unpaired) electrons. The van der Waals surface area contributed by atoms with E-state index in [-0.39, 0.29) is 54.6 Å². The lowest BCUT2D eigenvalue weighted by Crippen LogP contribution is -2.51.